The lowest BCUT2D eigenvalue weighted by atomic mass is 10.2. The van der Waals surface area contributed by atoms with Crippen LogP contribution in [0.25, 0.3) is 0 Å². The number of aromatic nitrogens is 3. The summed E-state index contributed by atoms with van der Waals surface area (Å²) < 4.78 is 0. The summed E-state index contributed by atoms with van der Waals surface area (Å²) in [5.41, 5.74) is 6.56. The zero-order chi connectivity index (χ0) is 13.1. The Morgan fingerprint density at radius 3 is 2.67 bits per heavy atom. The molecule has 5 nitrogen and oxygen atoms in total. The van der Waals surface area contributed by atoms with E-state index in [1.54, 1.807) is 0 Å². The number of rotatable bonds is 3. The van der Waals surface area contributed by atoms with Crippen molar-refractivity contribution in [2.75, 3.05) is 17.7 Å². The SMILES string of the molecule is CN(Cc1cccc(Cl)c1)c1nc(N)nc(Cl)n1. The molecule has 2 rings (SSSR count). The molecule has 0 bridgehead atoms. The van der Waals surface area contributed by atoms with Gasteiger partial charge in [-0.15, -0.1) is 0 Å². The molecule has 0 aliphatic carbocycles. The van der Waals surface area contributed by atoms with Crippen molar-refractivity contribution in [3.05, 3.63) is 40.1 Å². The fourth-order valence-corrected chi connectivity index (χ4v) is 1.88. The van der Waals surface area contributed by atoms with Gasteiger partial charge in [0.1, 0.15) is 0 Å². The van der Waals surface area contributed by atoms with Crippen molar-refractivity contribution in [1.29, 1.82) is 0 Å². The highest BCUT2D eigenvalue weighted by Gasteiger charge is 2.08. The fourth-order valence-electron chi connectivity index (χ4n) is 1.51. The predicted molar refractivity (Wildman–Crippen MR) is 72.8 cm³/mol. The molecule has 0 aliphatic rings. The van der Waals surface area contributed by atoms with Crippen LogP contribution in [-0.2, 0) is 6.54 Å². The smallest absolute Gasteiger partial charge is 0.231 e. The van der Waals surface area contributed by atoms with Gasteiger partial charge in [0.05, 0.1) is 0 Å². The van der Waals surface area contributed by atoms with E-state index in [9.17, 15) is 0 Å². The first-order valence-electron chi connectivity index (χ1n) is 5.17. The summed E-state index contributed by atoms with van der Waals surface area (Å²) >= 11 is 11.7. The summed E-state index contributed by atoms with van der Waals surface area (Å²) in [5.74, 6) is 0.524. The lowest BCUT2D eigenvalue weighted by Gasteiger charge is -2.17. The van der Waals surface area contributed by atoms with E-state index in [0.717, 1.165) is 5.56 Å². The molecule has 0 amide bonds. The second-order valence-corrected chi connectivity index (χ2v) is 4.52. The summed E-state index contributed by atoms with van der Waals surface area (Å²) in [6.07, 6.45) is 0. The number of hydrogen-bond acceptors (Lipinski definition) is 5. The van der Waals surface area contributed by atoms with Crippen LogP contribution >= 0.6 is 23.2 Å². The van der Waals surface area contributed by atoms with Crippen LogP contribution in [0.1, 0.15) is 5.56 Å². The summed E-state index contributed by atoms with van der Waals surface area (Å²) in [7, 11) is 1.84. The molecular weight excluding hydrogens is 273 g/mol. The minimum atomic E-state index is 0.0791. The zero-order valence-electron chi connectivity index (χ0n) is 9.64. The second-order valence-electron chi connectivity index (χ2n) is 3.75. The van der Waals surface area contributed by atoms with Crippen LogP contribution in [0.4, 0.5) is 11.9 Å². The highest BCUT2D eigenvalue weighted by molar-refractivity contribution is 6.30. The molecule has 0 aliphatic heterocycles. The molecule has 0 saturated heterocycles. The van der Waals surface area contributed by atoms with Crippen molar-refractivity contribution in [3.8, 4) is 0 Å². The van der Waals surface area contributed by atoms with E-state index in [0.29, 0.717) is 17.5 Å². The predicted octanol–water partition coefficient (Wildman–Crippen LogP) is 2.40. The first kappa shape index (κ1) is 12.9. The van der Waals surface area contributed by atoms with Gasteiger partial charge in [-0.05, 0) is 29.3 Å². The molecule has 1 aromatic heterocycles. The number of halogens is 2. The van der Waals surface area contributed by atoms with E-state index >= 15 is 0 Å². The van der Waals surface area contributed by atoms with E-state index in [4.69, 9.17) is 28.9 Å². The van der Waals surface area contributed by atoms with E-state index in [1.165, 1.54) is 0 Å². The molecule has 94 valence electrons. The molecule has 0 unspecified atom stereocenters. The van der Waals surface area contributed by atoms with Crippen LogP contribution < -0.4 is 10.6 Å². The zero-order valence-corrected chi connectivity index (χ0v) is 11.2. The van der Waals surface area contributed by atoms with Gasteiger partial charge in [0.2, 0.25) is 17.2 Å². The van der Waals surface area contributed by atoms with Crippen molar-refractivity contribution in [3.63, 3.8) is 0 Å². The molecule has 0 spiro atoms. The number of nitrogens with two attached hydrogens (primary N) is 1. The Hall–Kier alpha value is -1.59. The van der Waals surface area contributed by atoms with Gasteiger partial charge in [-0.2, -0.15) is 15.0 Å². The average Bonchev–Trinajstić information content (AvgIpc) is 2.27. The van der Waals surface area contributed by atoms with E-state index in [2.05, 4.69) is 15.0 Å². The van der Waals surface area contributed by atoms with Crippen molar-refractivity contribution in [1.82, 2.24) is 15.0 Å². The van der Waals surface area contributed by atoms with Gasteiger partial charge in [0.15, 0.2) is 0 Å². The topological polar surface area (TPSA) is 67.9 Å². The Morgan fingerprint density at radius 2 is 2.00 bits per heavy atom. The maximum Gasteiger partial charge on any atom is 0.231 e. The van der Waals surface area contributed by atoms with Crippen molar-refractivity contribution < 1.29 is 0 Å². The minimum Gasteiger partial charge on any atom is -0.368 e. The molecule has 0 radical (unpaired) electrons. The second kappa shape index (κ2) is 5.37. The van der Waals surface area contributed by atoms with Crippen LogP contribution in [0.5, 0.6) is 0 Å². The number of hydrogen-bond donors (Lipinski definition) is 1. The Morgan fingerprint density at radius 1 is 1.22 bits per heavy atom. The lowest BCUT2D eigenvalue weighted by molar-refractivity contribution is 0.856. The van der Waals surface area contributed by atoms with E-state index < -0.39 is 0 Å². The Kier molecular flexibility index (Phi) is 3.84. The van der Waals surface area contributed by atoms with Crippen molar-refractivity contribution in [2.45, 2.75) is 6.54 Å². The fraction of sp³-hybridized carbons (Fsp3) is 0.182. The number of nitrogen functional groups attached to an aromatic ring is 1. The van der Waals surface area contributed by atoms with Gasteiger partial charge in [0, 0.05) is 18.6 Å². The van der Waals surface area contributed by atoms with Gasteiger partial charge in [-0.25, -0.2) is 0 Å². The van der Waals surface area contributed by atoms with Gasteiger partial charge >= 0.3 is 0 Å². The maximum absolute atomic E-state index is 5.92. The lowest BCUT2D eigenvalue weighted by Crippen LogP contribution is -2.20. The third-order valence-corrected chi connectivity index (χ3v) is 2.67. The standard InChI is InChI=1S/C11H11Cl2N5/c1-18(6-7-3-2-4-8(12)5-7)11-16-9(13)15-10(14)17-11/h2-5H,6H2,1H3,(H2,14,15,16,17). The Labute approximate surface area is 115 Å². The van der Waals surface area contributed by atoms with E-state index in [1.807, 2.05) is 36.2 Å². The van der Waals surface area contributed by atoms with Crippen LogP contribution in [0, 0.1) is 0 Å². The summed E-state index contributed by atoms with van der Waals surface area (Å²) in [6, 6.07) is 7.56. The van der Waals surface area contributed by atoms with Gasteiger partial charge < -0.3 is 10.6 Å². The van der Waals surface area contributed by atoms with Crippen LogP contribution in [0.15, 0.2) is 24.3 Å². The molecule has 7 heteroatoms. The largest absolute Gasteiger partial charge is 0.368 e. The van der Waals surface area contributed by atoms with Gasteiger partial charge in [-0.3, -0.25) is 0 Å². The number of nitrogens with zero attached hydrogens (tertiary/aromatic N) is 4. The molecule has 0 saturated carbocycles. The quantitative estimate of drug-likeness (QED) is 0.937. The molecule has 1 aromatic carbocycles. The number of benzene rings is 1. The first-order chi connectivity index (χ1) is 8.54. The van der Waals surface area contributed by atoms with Gasteiger partial charge in [-0.1, -0.05) is 23.7 Å². The minimum absolute atomic E-state index is 0.0791. The van der Waals surface area contributed by atoms with Crippen molar-refractivity contribution in [2.24, 2.45) is 0 Å². The highest BCUT2D eigenvalue weighted by atomic mass is 35.5. The molecule has 0 fully saturated rings. The average molecular weight is 284 g/mol. The molecule has 0 atom stereocenters. The van der Waals surface area contributed by atoms with Crippen LogP contribution in [0.2, 0.25) is 10.3 Å². The molecule has 18 heavy (non-hydrogen) atoms. The van der Waals surface area contributed by atoms with Gasteiger partial charge in [0.25, 0.3) is 0 Å². The van der Waals surface area contributed by atoms with Crippen molar-refractivity contribution >= 4 is 35.1 Å². The molecule has 2 N–H and O–H groups in total. The van der Waals surface area contributed by atoms with Crippen LogP contribution in [0.3, 0.4) is 0 Å². The molecular formula is C11H11Cl2N5. The van der Waals surface area contributed by atoms with Crippen LogP contribution in [-0.4, -0.2) is 22.0 Å². The Balaban J connectivity index is 2.19. The normalized spacial score (nSPS) is 10.4. The summed E-state index contributed by atoms with van der Waals surface area (Å²) in [5, 5.41) is 0.768. The Bertz CT molecular complexity index is 541. The summed E-state index contributed by atoms with van der Waals surface area (Å²) in [4.78, 5) is 13.6. The maximum atomic E-state index is 5.92. The third-order valence-electron chi connectivity index (χ3n) is 2.26. The summed E-state index contributed by atoms with van der Waals surface area (Å²) in [6.45, 7) is 0.598. The van der Waals surface area contributed by atoms with E-state index in [-0.39, 0.29) is 11.2 Å². The third kappa shape index (κ3) is 3.21. The highest BCUT2D eigenvalue weighted by Crippen LogP contribution is 2.16. The number of anilines is 2. The molecule has 1 heterocycles. The first-order valence-corrected chi connectivity index (χ1v) is 5.93. The monoisotopic (exact) mass is 283 g/mol. The molecule has 2 aromatic rings.